The molecular formula is C11H13N3O4. The fourth-order valence-electron chi connectivity index (χ4n) is 1.54. The lowest BCUT2D eigenvalue weighted by Crippen LogP contribution is -1.96. The quantitative estimate of drug-likeness (QED) is 0.832. The molecule has 0 unspecified atom stereocenters. The van der Waals surface area contributed by atoms with Crippen LogP contribution in [0.1, 0.15) is 5.89 Å². The van der Waals surface area contributed by atoms with Crippen LogP contribution in [0.2, 0.25) is 0 Å². The first-order valence-electron chi connectivity index (χ1n) is 5.18. The van der Waals surface area contributed by atoms with Gasteiger partial charge in [-0.25, -0.2) is 0 Å². The van der Waals surface area contributed by atoms with E-state index in [1.54, 1.807) is 12.1 Å². The number of benzene rings is 1. The highest BCUT2D eigenvalue weighted by Gasteiger charge is 2.18. The van der Waals surface area contributed by atoms with Crippen molar-refractivity contribution in [3.63, 3.8) is 0 Å². The van der Waals surface area contributed by atoms with E-state index in [1.807, 2.05) is 0 Å². The molecule has 0 radical (unpaired) electrons. The second kappa shape index (κ2) is 4.92. The van der Waals surface area contributed by atoms with Crippen molar-refractivity contribution in [2.75, 3.05) is 14.2 Å². The maximum absolute atomic E-state index is 10.1. The lowest BCUT2D eigenvalue weighted by molar-refractivity contribution is 0.333. The third-order valence-corrected chi connectivity index (χ3v) is 2.40. The van der Waals surface area contributed by atoms with E-state index in [0.717, 1.165) is 0 Å². The van der Waals surface area contributed by atoms with Gasteiger partial charge in [0.05, 0.1) is 26.3 Å². The molecule has 0 aliphatic carbocycles. The molecular weight excluding hydrogens is 238 g/mol. The summed E-state index contributed by atoms with van der Waals surface area (Å²) in [6.45, 7) is 0.140. The molecule has 7 heteroatoms. The zero-order chi connectivity index (χ0) is 13.1. The van der Waals surface area contributed by atoms with Crippen molar-refractivity contribution in [3.8, 4) is 28.6 Å². The van der Waals surface area contributed by atoms with E-state index >= 15 is 0 Å². The number of aromatic nitrogens is 2. The van der Waals surface area contributed by atoms with Crippen LogP contribution in [0.15, 0.2) is 16.7 Å². The molecule has 18 heavy (non-hydrogen) atoms. The Kier molecular flexibility index (Phi) is 3.33. The highest BCUT2D eigenvalue weighted by atomic mass is 16.5. The summed E-state index contributed by atoms with van der Waals surface area (Å²) in [5.74, 6) is 1.06. The minimum absolute atomic E-state index is 0.110. The lowest BCUT2D eigenvalue weighted by Gasteiger charge is -2.10. The van der Waals surface area contributed by atoms with Crippen LogP contribution in [0.3, 0.4) is 0 Å². The summed E-state index contributed by atoms with van der Waals surface area (Å²) in [6.07, 6.45) is 0. The molecule has 3 N–H and O–H groups in total. The number of aromatic hydroxyl groups is 1. The molecule has 1 heterocycles. The van der Waals surface area contributed by atoms with E-state index in [-0.39, 0.29) is 23.9 Å². The number of nitrogens with two attached hydrogens (primary N) is 1. The summed E-state index contributed by atoms with van der Waals surface area (Å²) in [5.41, 5.74) is 5.76. The van der Waals surface area contributed by atoms with Gasteiger partial charge in [-0.05, 0) is 12.1 Å². The van der Waals surface area contributed by atoms with Crippen molar-refractivity contribution in [3.05, 3.63) is 18.0 Å². The Balaban J connectivity index is 2.51. The summed E-state index contributed by atoms with van der Waals surface area (Å²) in [7, 11) is 2.92. The fourth-order valence-corrected chi connectivity index (χ4v) is 1.54. The number of ether oxygens (including phenoxy) is 2. The Morgan fingerprint density at radius 1 is 1.33 bits per heavy atom. The third kappa shape index (κ3) is 1.95. The molecule has 0 aliphatic heterocycles. The molecule has 0 spiro atoms. The summed E-state index contributed by atoms with van der Waals surface area (Å²) in [6, 6.07) is 3.26. The van der Waals surface area contributed by atoms with Crippen LogP contribution in [0.5, 0.6) is 17.2 Å². The number of phenols is 1. The van der Waals surface area contributed by atoms with Gasteiger partial charge in [0.15, 0.2) is 11.5 Å². The first-order valence-corrected chi connectivity index (χ1v) is 5.18. The highest BCUT2D eigenvalue weighted by molar-refractivity contribution is 5.71. The Bertz CT molecular complexity index is 553. The zero-order valence-electron chi connectivity index (χ0n) is 10.0. The van der Waals surface area contributed by atoms with E-state index in [4.69, 9.17) is 19.7 Å². The molecule has 0 amide bonds. The van der Waals surface area contributed by atoms with Gasteiger partial charge in [-0.1, -0.05) is 5.16 Å². The third-order valence-electron chi connectivity index (χ3n) is 2.40. The molecule has 0 aliphatic rings. The number of phenolic OH excluding ortho intramolecular Hbond substituents is 1. The van der Waals surface area contributed by atoms with Gasteiger partial charge in [0.25, 0.3) is 0 Å². The van der Waals surface area contributed by atoms with Gasteiger partial charge >= 0.3 is 0 Å². The lowest BCUT2D eigenvalue weighted by atomic mass is 10.1. The normalized spacial score (nSPS) is 10.4. The van der Waals surface area contributed by atoms with Crippen LogP contribution in [0.25, 0.3) is 11.4 Å². The molecule has 0 bridgehead atoms. The average molecular weight is 251 g/mol. The number of methoxy groups -OCH3 is 2. The molecule has 1 aromatic heterocycles. The van der Waals surface area contributed by atoms with E-state index in [0.29, 0.717) is 17.2 Å². The maximum Gasteiger partial charge on any atom is 0.240 e. The van der Waals surface area contributed by atoms with Crippen LogP contribution in [0, 0.1) is 0 Å². The van der Waals surface area contributed by atoms with E-state index in [2.05, 4.69) is 10.1 Å². The largest absolute Gasteiger partial charge is 0.504 e. The molecule has 96 valence electrons. The summed E-state index contributed by atoms with van der Waals surface area (Å²) in [4.78, 5) is 4.03. The standard InChI is InChI=1S/C11H13N3O4/c1-16-7-4-3-6(9(15)10(7)17-2)11-13-8(5-12)18-14-11/h3-4,15H,5,12H2,1-2H3. The molecule has 0 saturated heterocycles. The van der Waals surface area contributed by atoms with Crippen molar-refractivity contribution in [1.29, 1.82) is 0 Å². The molecule has 7 nitrogen and oxygen atoms in total. The summed E-state index contributed by atoms with van der Waals surface area (Å²) < 4.78 is 15.0. The smallest absolute Gasteiger partial charge is 0.240 e. The van der Waals surface area contributed by atoms with Gasteiger partial charge in [-0.2, -0.15) is 4.98 Å². The van der Waals surface area contributed by atoms with Gasteiger partial charge in [0, 0.05) is 0 Å². The number of hydrogen-bond donors (Lipinski definition) is 2. The van der Waals surface area contributed by atoms with Crippen molar-refractivity contribution in [1.82, 2.24) is 10.1 Å². The number of rotatable bonds is 4. The predicted octanol–water partition coefficient (Wildman–Crippen LogP) is 0.918. The first-order chi connectivity index (χ1) is 8.71. The van der Waals surface area contributed by atoms with E-state index in [1.165, 1.54) is 14.2 Å². The van der Waals surface area contributed by atoms with E-state index in [9.17, 15) is 5.11 Å². The van der Waals surface area contributed by atoms with Gasteiger partial charge in [0.1, 0.15) is 0 Å². The molecule has 0 saturated carbocycles. The van der Waals surface area contributed by atoms with Crippen LogP contribution in [0.4, 0.5) is 0 Å². The molecule has 0 atom stereocenters. The monoisotopic (exact) mass is 251 g/mol. The van der Waals surface area contributed by atoms with Gasteiger partial charge in [0.2, 0.25) is 17.5 Å². The van der Waals surface area contributed by atoms with Gasteiger partial charge < -0.3 is 24.8 Å². The fraction of sp³-hybridized carbons (Fsp3) is 0.273. The number of hydrogen-bond acceptors (Lipinski definition) is 7. The second-order valence-corrected chi connectivity index (χ2v) is 3.41. The number of nitrogens with zero attached hydrogens (tertiary/aromatic N) is 2. The average Bonchev–Trinajstić information content (AvgIpc) is 2.86. The molecule has 0 fully saturated rings. The van der Waals surface area contributed by atoms with E-state index < -0.39 is 0 Å². The molecule has 2 rings (SSSR count). The Hall–Kier alpha value is -2.28. The van der Waals surface area contributed by atoms with Crippen LogP contribution in [-0.2, 0) is 6.54 Å². The minimum Gasteiger partial charge on any atom is -0.504 e. The second-order valence-electron chi connectivity index (χ2n) is 3.41. The summed E-state index contributed by atoms with van der Waals surface area (Å²) >= 11 is 0. The Labute approximate surface area is 103 Å². The van der Waals surface area contributed by atoms with Crippen LogP contribution < -0.4 is 15.2 Å². The van der Waals surface area contributed by atoms with Crippen molar-refractivity contribution >= 4 is 0 Å². The first kappa shape index (κ1) is 12.2. The molecule has 2 aromatic rings. The minimum atomic E-state index is -0.110. The van der Waals surface area contributed by atoms with Crippen molar-refractivity contribution in [2.45, 2.75) is 6.54 Å². The highest BCUT2D eigenvalue weighted by Crippen LogP contribution is 2.42. The van der Waals surface area contributed by atoms with Crippen molar-refractivity contribution < 1.29 is 19.1 Å². The SMILES string of the molecule is COc1ccc(-c2noc(CN)n2)c(O)c1OC. The summed E-state index contributed by atoms with van der Waals surface area (Å²) in [5, 5.41) is 13.8. The van der Waals surface area contributed by atoms with Gasteiger partial charge in [-0.15, -0.1) is 0 Å². The van der Waals surface area contributed by atoms with Crippen LogP contribution in [-0.4, -0.2) is 29.5 Å². The maximum atomic E-state index is 10.1. The van der Waals surface area contributed by atoms with Gasteiger partial charge in [-0.3, -0.25) is 0 Å². The molecule has 1 aromatic carbocycles. The Morgan fingerprint density at radius 2 is 2.11 bits per heavy atom. The topological polar surface area (TPSA) is 104 Å². The predicted molar refractivity (Wildman–Crippen MR) is 62.4 cm³/mol. The Morgan fingerprint density at radius 3 is 2.67 bits per heavy atom. The zero-order valence-corrected chi connectivity index (χ0v) is 10.0. The van der Waals surface area contributed by atoms with Crippen LogP contribution >= 0.6 is 0 Å². The van der Waals surface area contributed by atoms with Crippen molar-refractivity contribution in [2.24, 2.45) is 5.73 Å².